The van der Waals surface area contributed by atoms with E-state index in [1.165, 1.54) is 0 Å². The monoisotopic (exact) mass is 265 g/mol. The first-order valence-corrected chi connectivity index (χ1v) is 6.32. The highest BCUT2D eigenvalue weighted by Gasteiger charge is 2.03. The fourth-order valence-electron chi connectivity index (χ4n) is 1.84. The van der Waals surface area contributed by atoms with E-state index in [-0.39, 0.29) is 0 Å². The van der Waals surface area contributed by atoms with Crippen LogP contribution in [0.5, 0.6) is 0 Å². The van der Waals surface area contributed by atoms with Gasteiger partial charge in [0.05, 0.1) is 22.8 Å². The number of H-pyrrole nitrogens is 1. The van der Waals surface area contributed by atoms with Crippen LogP contribution < -0.4 is 0 Å². The van der Waals surface area contributed by atoms with Gasteiger partial charge in [0.1, 0.15) is 4.64 Å². The number of rotatable bonds is 2. The molecule has 3 aromatic heterocycles. The van der Waals surface area contributed by atoms with Crippen LogP contribution in [0.3, 0.4) is 0 Å². The smallest absolute Gasteiger partial charge is 0.103 e. The predicted molar refractivity (Wildman–Crippen MR) is 78.1 cm³/mol. The number of pyridine rings is 3. The highest BCUT2D eigenvalue weighted by atomic mass is 32.1. The van der Waals surface area contributed by atoms with Crippen LogP contribution in [0.1, 0.15) is 0 Å². The molecule has 0 radical (unpaired) electrons. The van der Waals surface area contributed by atoms with Crippen LogP contribution >= 0.6 is 12.2 Å². The minimum atomic E-state index is 0.697. The van der Waals surface area contributed by atoms with Gasteiger partial charge in [-0.3, -0.25) is 4.98 Å². The Hall–Kier alpha value is -2.33. The van der Waals surface area contributed by atoms with Gasteiger partial charge in [-0.2, -0.15) is 0 Å². The lowest BCUT2D eigenvalue weighted by Gasteiger charge is -2.04. The Bertz CT molecular complexity index is 750. The standard InChI is InChI=1S/C15H11N3S/c19-15-9-4-8-14(18-15)13-7-3-6-12(17-13)11-5-1-2-10-16-11/h1-10H,(H,18,19). The second-order valence-corrected chi connectivity index (χ2v) is 4.49. The van der Waals surface area contributed by atoms with Gasteiger partial charge in [0.15, 0.2) is 0 Å². The molecule has 0 saturated carbocycles. The van der Waals surface area contributed by atoms with Crippen molar-refractivity contribution in [1.29, 1.82) is 0 Å². The van der Waals surface area contributed by atoms with Gasteiger partial charge >= 0.3 is 0 Å². The molecule has 3 heterocycles. The Morgan fingerprint density at radius 3 is 2.37 bits per heavy atom. The van der Waals surface area contributed by atoms with Gasteiger partial charge in [0.2, 0.25) is 0 Å². The summed E-state index contributed by atoms with van der Waals surface area (Å²) in [4.78, 5) is 12.1. The van der Waals surface area contributed by atoms with E-state index in [0.717, 1.165) is 22.8 Å². The molecule has 0 unspecified atom stereocenters. The maximum Gasteiger partial charge on any atom is 0.103 e. The van der Waals surface area contributed by atoms with E-state index in [0.29, 0.717) is 4.64 Å². The van der Waals surface area contributed by atoms with Crippen molar-refractivity contribution in [3.8, 4) is 22.8 Å². The molecule has 0 spiro atoms. The molecule has 0 amide bonds. The fourth-order valence-corrected chi connectivity index (χ4v) is 2.03. The summed E-state index contributed by atoms with van der Waals surface area (Å²) in [5.41, 5.74) is 3.47. The maximum atomic E-state index is 5.13. The zero-order valence-corrected chi connectivity index (χ0v) is 10.9. The van der Waals surface area contributed by atoms with Crippen LogP contribution in [0.15, 0.2) is 60.8 Å². The van der Waals surface area contributed by atoms with E-state index in [1.807, 2.05) is 54.6 Å². The molecule has 0 aliphatic carbocycles. The van der Waals surface area contributed by atoms with E-state index >= 15 is 0 Å². The number of hydrogen-bond donors (Lipinski definition) is 1. The summed E-state index contributed by atoms with van der Waals surface area (Å²) in [7, 11) is 0. The Labute approximate surface area is 116 Å². The second kappa shape index (κ2) is 5.12. The van der Waals surface area contributed by atoms with Crippen molar-refractivity contribution in [2.24, 2.45) is 0 Å². The van der Waals surface area contributed by atoms with Crippen LogP contribution in [-0.4, -0.2) is 15.0 Å². The van der Waals surface area contributed by atoms with E-state index < -0.39 is 0 Å². The molecule has 92 valence electrons. The van der Waals surface area contributed by atoms with Crippen LogP contribution in [0.25, 0.3) is 22.8 Å². The zero-order valence-electron chi connectivity index (χ0n) is 10.1. The van der Waals surface area contributed by atoms with Crippen molar-refractivity contribution >= 4 is 12.2 Å². The molecule has 0 aliphatic rings. The maximum absolute atomic E-state index is 5.13. The Kier molecular flexibility index (Phi) is 3.16. The van der Waals surface area contributed by atoms with Crippen molar-refractivity contribution in [3.63, 3.8) is 0 Å². The molecule has 0 aromatic carbocycles. The van der Waals surface area contributed by atoms with E-state index in [4.69, 9.17) is 12.2 Å². The molecule has 1 N–H and O–H groups in total. The highest BCUT2D eigenvalue weighted by Crippen LogP contribution is 2.19. The third-order valence-corrected chi connectivity index (χ3v) is 2.96. The Morgan fingerprint density at radius 2 is 1.58 bits per heavy atom. The largest absolute Gasteiger partial charge is 0.345 e. The molecule has 3 aromatic rings. The van der Waals surface area contributed by atoms with E-state index in [9.17, 15) is 0 Å². The third-order valence-electron chi connectivity index (χ3n) is 2.72. The molecule has 0 bridgehead atoms. The van der Waals surface area contributed by atoms with Gasteiger partial charge < -0.3 is 4.98 Å². The molecule has 0 aliphatic heterocycles. The summed E-state index contributed by atoms with van der Waals surface area (Å²) in [6, 6.07) is 17.4. The van der Waals surface area contributed by atoms with Crippen LogP contribution in [0, 0.1) is 4.64 Å². The topological polar surface area (TPSA) is 41.6 Å². The van der Waals surface area contributed by atoms with E-state index in [1.54, 1.807) is 6.20 Å². The molecule has 4 heteroatoms. The van der Waals surface area contributed by atoms with Gasteiger partial charge in [-0.1, -0.05) is 30.4 Å². The second-order valence-electron chi connectivity index (χ2n) is 4.05. The van der Waals surface area contributed by atoms with Crippen molar-refractivity contribution < 1.29 is 0 Å². The average Bonchev–Trinajstić information content (AvgIpc) is 2.48. The zero-order chi connectivity index (χ0) is 13.1. The molecule has 0 atom stereocenters. The molecule has 3 rings (SSSR count). The van der Waals surface area contributed by atoms with Crippen molar-refractivity contribution in [1.82, 2.24) is 15.0 Å². The number of nitrogens with zero attached hydrogens (tertiary/aromatic N) is 2. The summed E-state index contributed by atoms with van der Waals surface area (Å²) >= 11 is 5.13. The average molecular weight is 265 g/mol. The third kappa shape index (κ3) is 2.58. The van der Waals surface area contributed by atoms with Gasteiger partial charge in [-0.25, -0.2) is 4.98 Å². The molecular weight excluding hydrogens is 254 g/mol. The van der Waals surface area contributed by atoms with Crippen molar-refractivity contribution in [2.75, 3.05) is 0 Å². The number of hydrogen-bond acceptors (Lipinski definition) is 3. The van der Waals surface area contributed by atoms with Crippen molar-refractivity contribution in [2.45, 2.75) is 0 Å². The highest BCUT2D eigenvalue weighted by molar-refractivity contribution is 7.71. The number of nitrogens with one attached hydrogen (secondary N) is 1. The minimum Gasteiger partial charge on any atom is -0.345 e. The fraction of sp³-hybridized carbons (Fsp3) is 0. The molecule has 19 heavy (non-hydrogen) atoms. The normalized spacial score (nSPS) is 10.3. The first kappa shape index (κ1) is 11.7. The summed E-state index contributed by atoms with van der Waals surface area (Å²) in [5, 5.41) is 0. The number of aromatic amines is 1. The summed E-state index contributed by atoms with van der Waals surface area (Å²) < 4.78 is 0.697. The lowest BCUT2D eigenvalue weighted by molar-refractivity contribution is 1.21. The predicted octanol–water partition coefficient (Wildman–Crippen LogP) is 3.87. The van der Waals surface area contributed by atoms with E-state index in [2.05, 4.69) is 15.0 Å². The van der Waals surface area contributed by atoms with Crippen LogP contribution in [-0.2, 0) is 0 Å². The van der Waals surface area contributed by atoms with Gasteiger partial charge in [-0.05, 0) is 36.4 Å². The molecule has 0 saturated heterocycles. The molecule has 3 nitrogen and oxygen atoms in total. The van der Waals surface area contributed by atoms with Crippen LogP contribution in [0.4, 0.5) is 0 Å². The molecule has 0 fully saturated rings. The summed E-state index contributed by atoms with van der Waals surface area (Å²) in [5.74, 6) is 0. The lowest BCUT2D eigenvalue weighted by Crippen LogP contribution is -1.91. The van der Waals surface area contributed by atoms with Crippen molar-refractivity contribution in [3.05, 3.63) is 65.4 Å². The molecular formula is C15H11N3S. The summed E-state index contributed by atoms with van der Waals surface area (Å²) in [6.45, 7) is 0. The van der Waals surface area contributed by atoms with Gasteiger partial charge in [-0.15, -0.1) is 0 Å². The van der Waals surface area contributed by atoms with Gasteiger partial charge in [0, 0.05) is 6.20 Å². The summed E-state index contributed by atoms with van der Waals surface area (Å²) in [6.07, 6.45) is 1.76. The minimum absolute atomic E-state index is 0.697. The van der Waals surface area contributed by atoms with Gasteiger partial charge in [0.25, 0.3) is 0 Å². The number of aromatic nitrogens is 3. The quantitative estimate of drug-likeness (QED) is 0.715. The lowest BCUT2D eigenvalue weighted by atomic mass is 10.2. The first-order valence-electron chi connectivity index (χ1n) is 5.91. The first-order chi connectivity index (χ1) is 9.33. The van der Waals surface area contributed by atoms with Crippen LogP contribution in [0.2, 0.25) is 0 Å². The SMILES string of the molecule is S=c1cccc(-c2cccc(-c3ccccn3)n2)[nH]1. The Morgan fingerprint density at radius 1 is 0.789 bits per heavy atom. The Balaban J connectivity index is 2.08.